The van der Waals surface area contributed by atoms with Crippen molar-refractivity contribution in [3.05, 3.63) is 0 Å². The molecular formula is C26H53N7O9. The zero-order valence-electron chi connectivity index (χ0n) is 24.1. The third kappa shape index (κ3) is 8.14. The van der Waals surface area contributed by atoms with E-state index in [1.165, 1.54) is 0 Å². The van der Waals surface area contributed by atoms with Gasteiger partial charge in [0.1, 0.15) is 36.6 Å². The molecule has 0 amide bonds. The summed E-state index contributed by atoms with van der Waals surface area (Å²) < 4.78 is 24.3. The van der Waals surface area contributed by atoms with Crippen molar-refractivity contribution >= 4 is 0 Å². The van der Waals surface area contributed by atoms with Gasteiger partial charge in [0.25, 0.3) is 0 Å². The van der Waals surface area contributed by atoms with Crippen LogP contribution >= 0.6 is 0 Å². The molecule has 2 saturated heterocycles. The lowest BCUT2D eigenvalue weighted by molar-refractivity contribution is -0.314. The van der Waals surface area contributed by atoms with Crippen molar-refractivity contribution < 1.29 is 44.5 Å². The van der Waals surface area contributed by atoms with Gasteiger partial charge in [-0.2, -0.15) is 0 Å². The van der Waals surface area contributed by atoms with Crippen molar-refractivity contribution in [3.63, 3.8) is 0 Å². The summed E-state index contributed by atoms with van der Waals surface area (Å²) in [7, 11) is 0. The van der Waals surface area contributed by atoms with Gasteiger partial charge in [0, 0.05) is 37.8 Å². The van der Waals surface area contributed by atoms with E-state index in [1.54, 1.807) is 0 Å². The molecule has 246 valence electrons. The summed E-state index contributed by atoms with van der Waals surface area (Å²) in [6.07, 6.45) is -6.70. The highest BCUT2D eigenvalue weighted by Crippen LogP contribution is 2.32. The van der Waals surface area contributed by atoms with E-state index in [1.807, 2.05) is 0 Å². The number of nitrogens with two attached hydrogens (primary N) is 5. The second-order valence-electron chi connectivity index (χ2n) is 12.3. The Hall–Kier alpha value is -0.640. The Bertz CT molecular complexity index is 816. The monoisotopic (exact) mass is 607 g/mol. The van der Waals surface area contributed by atoms with Gasteiger partial charge in [0.2, 0.25) is 0 Å². The van der Waals surface area contributed by atoms with Gasteiger partial charge in [0.05, 0.1) is 30.9 Å². The van der Waals surface area contributed by atoms with Gasteiger partial charge >= 0.3 is 0 Å². The molecule has 16 heteroatoms. The molecule has 2 saturated carbocycles. The first kappa shape index (κ1) is 34.2. The van der Waals surface area contributed by atoms with E-state index in [0.29, 0.717) is 12.5 Å². The van der Waals surface area contributed by atoms with Crippen LogP contribution in [0.15, 0.2) is 0 Å². The molecule has 0 aromatic carbocycles. The largest absolute Gasteiger partial charge is 0.394 e. The average Bonchev–Trinajstić information content (AvgIpc) is 2.97. The van der Waals surface area contributed by atoms with Crippen LogP contribution in [0.4, 0.5) is 0 Å². The highest BCUT2D eigenvalue weighted by molar-refractivity contribution is 5.02. The fraction of sp³-hybridized carbons (Fsp3) is 1.00. The quantitative estimate of drug-likeness (QED) is 0.0927. The van der Waals surface area contributed by atoms with Crippen LogP contribution in [0.5, 0.6) is 0 Å². The van der Waals surface area contributed by atoms with Crippen LogP contribution in [-0.2, 0) is 18.9 Å². The van der Waals surface area contributed by atoms with Crippen LogP contribution in [0, 0.1) is 5.92 Å². The van der Waals surface area contributed by atoms with Gasteiger partial charge in [-0.05, 0) is 44.6 Å². The molecule has 2 heterocycles. The summed E-state index contributed by atoms with van der Waals surface area (Å²) in [6, 6.07) is -2.35. The summed E-state index contributed by atoms with van der Waals surface area (Å²) in [5.74, 6) is 0.485. The summed E-state index contributed by atoms with van der Waals surface area (Å²) in [6.45, 7) is 0.643. The standard InChI is InChI=1S/C26H53N7O9/c27-6-13(35)9-33-17-5-15(30)23(22(38)24(17)42-26-21(37)19(31)20(36)18(10-34)40-26)41-25-16(2-1-14(7-28)39-25)32-8-11-3-12(29)4-11/h11-26,32-38H,1-10,27-31H2/t11?,12?,13?,14-,15-,16+,17+,18+,19-,20+,21+,22-,23?,24-,25+,26+/m0/s1. The van der Waals surface area contributed by atoms with Crippen LogP contribution in [0.1, 0.15) is 32.1 Å². The van der Waals surface area contributed by atoms with Crippen molar-refractivity contribution in [2.75, 3.05) is 32.8 Å². The number of aliphatic hydroxyl groups excluding tert-OH is 5. The van der Waals surface area contributed by atoms with E-state index in [-0.39, 0.29) is 37.7 Å². The van der Waals surface area contributed by atoms with Crippen molar-refractivity contribution in [3.8, 4) is 0 Å². The lowest BCUT2D eigenvalue weighted by Gasteiger charge is -2.49. The van der Waals surface area contributed by atoms with Gasteiger partial charge in [0.15, 0.2) is 12.6 Å². The van der Waals surface area contributed by atoms with E-state index < -0.39 is 80.0 Å². The number of hydrogen-bond donors (Lipinski definition) is 12. The topological polar surface area (TPSA) is 292 Å². The molecule has 0 aromatic rings. The highest BCUT2D eigenvalue weighted by atomic mass is 16.7. The molecule has 42 heavy (non-hydrogen) atoms. The summed E-state index contributed by atoms with van der Waals surface area (Å²) in [5, 5.41) is 59.0. The zero-order chi connectivity index (χ0) is 30.6. The van der Waals surface area contributed by atoms with Crippen LogP contribution in [0.3, 0.4) is 0 Å². The maximum atomic E-state index is 11.6. The maximum absolute atomic E-state index is 11.6. The number of rotatable bonds is 13. The van der Waals surface area contributed by atoms with E-state index in [4.69, 9.17) is 47.6 Å². The second-order valence-corrected chi connectivity index (χ2v) is 12.3. The van der Waals surface area contributed by atoms with Gasteiger partial charge in [-0.1, -0.05) is 0 Å². The first-order valence-corrected chi connectivity index (χ1v) is 15.1. The molecule has 14 atom stereocenters. The molecule has 17 N–H and O–H groups in total. The number of hydrogen-bond acceptors (Lipinski definition) is 16. The maximum Gasteiger partial charge on any atom is 0.186 e. The van der Waals surface area contributed by atoms with Gasteiger partial charge < -0.3 is 83.8 Å². The fourth-order valence-corrected chi connectivity index (χ4v) is 6.33. The van der Waals surface area contributed by atoms with Crippen LogP contribution in [-0.4, -0.2) is 150 Å². The predicted octanol–water partition coefficient (Wildman–Crippen LogP) is -5.95. The molecule has 4 rings (SSSR count). The molecule has 16 nitrogen and oxygen atoms in total. The van der Waals surface area contributed by atoms with E-state index in [9.17, 15) is 25.5 Å². The van der Waals surface area contributed by atoms with Gasteiger partial charge in [-0.3, -0.25) is 0 Å². The first-order valence-electron chi connectivity index (χ1n) is 15.1. The fourth-order valence-electron chi connectivity index (χ4n) is 6.33. The molecule has 2 aliphatic heterocycles. The highest BCUT2D eigenvalue weighted by Gasteiger charge is 2.50. The summed E-state index contributed by atoms with van der Waals surface area (Å²) in [5.41, 5.74) is 29.9. The van der Waals surface area contributed by atoms with Crippen molar-refractivity contribution in [1.82, 2.24) is 10.6 Å². The SMILES string of the molecule is NCC(O)CN[C@@H]1C[C@H](N)C(O[C@H]2O[C@H](CN)CC[C@H]2NCC2CC(N)C2)[C@H](O)[C@H]1O[C@H]1O[C@H](CO)[C@@H](O)[C@H](N)[C@H]1O. The molecule has 2 unspecified atom stereocenters. The number of aliphatic hydroxyl groups is 5. The van der Waals surface area contributed by atoms with Gasteiger partial charge in [-0.15, -0.1) is 0 Å². The molecule has 0 aromatic heterocycles. The summed E-state index contributed by atoms with van der Waals surface area (Å²) in [4.78, 5) is 0. The number of nitrogens with one attached hydrogen (secondary N) is 2. The van der Waals surface area contributed by atoms with Crippen molar-refractivity contribution in [2.45, 2.75) is 124 Å². The van der Waals surface area contributed by atoms with Crippen LogP contribution in [0.2, 0.25) is 0 Å². The predicted molar refractivity (Wildman–Crippen MR) is 150 cm³/mol. The van der Waals surface area contributed by atoms with Crippen LogP contribution in [0.25, 0.3) is 0 Å². The zero-order valence-corrected chi connectivity index (χ0v) is 24.1. The van der Waals surface area contributed by atoms with E-state index in [2.05, 4.69) is 10.6 Å². The first-order chi connectivity index (χ1) is 20.1. The Balaban J connectivity index is 1.49. The Labute approximate surface area is 246 Å². The smallest absolute Gasteiger partial charge is 0.186 e. The molecule has 4 fully saturated rings. The Morgan fingerprint density at radius 2 is 1.55 bits per heavy atom. The summed E-state index contributed by atoms with van der Waals surface area (Å²) >= 11 is 0. The molecule has 0 spiro atoms. The third-order valence-electron chi connectivity index (χ3n) is 9.08. The average molecular weight is 608 g/mol. The Morgan fingerprint density at radius 3 is 2.19 bits per heavy atom. The normalized spacial score (nSPS) is 47.1. The van der Waals surface area contributed by atoms with Crippen LogP contribution < -0.4 is 39.3 Å². The van der Waals surface area contributed by atoms with E-state index >= 15 is 0 Å². The minimum absolute atomic E-state index is 0.0173. The van der Waals surface area contributed by atoms with E-state index in [0.717, 1.165) is 32.2 Å². The molecule has 4 aliphatic rings. The Morgan fingerprint density at radius 1 is 0.833 bits per heavy atom. The third-order valence-corrected chi connectivity index (χ3v) is 9.08. The minimum atomic E-state index is -1.46. The second kappa shape index (κ2) is 15.6. The molecular weight excluding hydrogens is 554 g/mol. The van der Waals surface area contributed by atoms with Gasteiger partial charge in [-0.25, -0.2) is 0 Å². The lowest BCUT2D eigenvalue weighted by Crippen LogP contribution is -2.68. The number of ether oxygens (including phenoxy) is 4. The Kier molecular flexibility index (Phi) is 12.7. The molecule has 0 bridgehead atoms. The molecule has 0 radical (unpaired) electrons. The minimum Gasteiger partial charge on any atom is -0.394 e. The van der Waals surface area contributed by atoms with Crippen molar-refractivity contribution in [2.24, 2.45) is 34.6 Å². The van der Waals surface area contributed by atoms with Crippen molar-refractivity contribution in [1.29, 1.82) is 0 Å². The molecule has 2 aliphatic carbocycles. The lowest BCUT2D eigenvalue weighted by atomic mass is 9.80.